The third-order valence-corrected chi connectivity index (χ3v) is 3.03. The van der Waals surface area contributed by atoms with Crippen LogP contribution in [-0.4, -0.2) is 38.7 Å². The first-order valence-electron chi connectivity index (χ1n) is 5.28. The van der Waals surface area contributed by atoms with Gasteiger partial charge in [-0.05, 0) is 44.3 Å². The second-order valence-corrected chi connectivity index (χ2v) is 4.23. The molecule has 0 spiro atoms. The van der Waals surface area contributed by atoms with Crippen LogP contribution in [0.3, 0.4) is 0 Å². The van der Waals surface area contributed by atoms with Gasteiger partial charge in [0, 0.05) is 18.3 Å². The monoisotopic (exact) mass is 278 g/mol. The molecule has 98 valence electrons. The van der Waals surface area contributed by atoms with Crippen molar-refractivity contribution in [3.63, 3.8) is 0 Å². The smallest absolute Gasteiger partial charge is 0.119 e. The van der Waals surface area contributed by atoms with Crippen molar-refractivity contribution in [1.29, 1.82) is 0 Å². The summed E-state index contributed by atoms with van der Waals surface area (Å²) in [4.78, 5) is 2.26. The standard InChI is InChI=1S/C12H18N2O.2ClH/c1-14(2)10-6-9-7-11(15-3)4-5-12(9)13-8-10;;/h4-5,7,10,13H,6,8H2,1-3H3;2*1H. The molecule has 1 aromatic rings. The number of hydrogen-bond donors (Lipinski definition) is 1. The lowest BCUT2D eigenvalue weighted by molar-refractivity contribution is 0.298. The van der Waals surface area contributed by atoms with Gasteiger partial charge in [0.15, 0.2) is 0 Å². The lowest BCUT2D eigenvalue weighted by atomic mass is 9.99. The van der Waals surface area contributed by atoms with E-state index in [9.17, 15) is 0 Å². The highest BCUT2D eigenvalue weighted by atomic mass is 35.5. The predicted octanol–water partition coefficient (Wildman–Crippen LogP) is 2.44. The van der Waals surface area contributed by atoms with Crippen LogP contribution < -0.4 is 10.1 Å². The predicted molar refractivity (Wildman–Crippen MR) is 77.2 cm³/mol. The van der Waals surface area contributed by atoms with Gasteiger partial charge in [0.1, 0.15) is 5.75 Å². The number of fused-ring (bicyclic) bond motifs is 1. The number of halogens is 2. The van der Waals surface area contributed by atoms with Crippen LogP contribution in [0.2, 0.25) is 0 Å². The average molecular weight is 279 g/mol. The summed E-state index contributed by atoms with van der Waals surface area (Å²) in [5, 5.41) is 3.45. The van der Waals surface area contributed by atoms with E-state index in [-0.39, 0.29) is 24.8 Å². The van der Waals surface area contributed by atoms with Crippen molar-refractivity contribution in [3.05, 3.63) is 23.8 Å². The molecule has 0 radical (unpaired) electrons. The average Bonchev–Trinajstić information content (AvgIpc) is 2.27. The molecule has 1 aliphatic heterocycles. The maximum absolute atomic E-state index is 5.23. The number of nitrogens with zero attached hydrogens (tertiary/aromatic N) is 1. The second kappa shape index (κ2) is 6.94. The lowest BCUT2D eigenvalue weighted by Crippen LogP contribution is -2.39. The van der Waals surface area contributed by atoms with E-state index in [1.165, 1.54) is 11.3 Å². The topological polar surface area (TPSA) is 24.5 Å². The Hall–Kier alpha value is -0.640. The van der Waals surface area contributed by atoms with Crippen molar-refractivity contribution < 1.29 is 4.74 Å². The van der Waals surface area contributed by atoms with Gasteiger partial charge in [0.05, 0.1) is 7.11 Å². The lowest BCUT2D eigenvalue weighted by Gasteiger charge is -2.31. The fraction of sp³-hybridized carbons (Fsp3) is 0.500. The van der Waals surface area contributed by atoms with Crippen molar-refractivity contribution in [1.82, 2.24) is 4.90 Å². The number of likely N-dealkylation sites (N-methyl/N-ethyl adjacent to an activating group) is 1. The van der Waals surface area contributed by atoms with Gasteiger partial charge in [-0.3, -0.25) is 0 Å². The normalized spacial score (nSPS) is 17.3. The Morgan fingerprint density at radius 2 is 2.00 bits per heavy atom. The molecule has 3 nitrogen and oxygen atoms in total. The maximum Gasteiger partial charge on any atom is 0.119 e. The van der Waals surface area contributed by atoms with Crippen LogP contribution in [0.5, 0.6) is 5.75 Å². The first-order valence-corrected chi connectivity index (χ1v) is 5.28. The molecule has 17 heavy (non-hydrogen) atoms. The molecule has 0 saturated heterocycles. The summed E-state index contributed by atoms with van der Waals surface area (Å²) >= 11 is 0. The van der Waals surface area contributed by atoms with Gasteiger partial charge in [-0.2, -0.15) is 0 Å². The Morgan fingerprint density at radius 1 is 1.29 bits per heavy atom. The van der Waals surface area contributed by atoms with Crippen molar-refractivity contribution in [2.75, 3.05) is 33.1 Å². The van der Waals surface area contributed by atoms with E-state index in [0.29, 0.717) is 6.04 Å². The van der Waals surface area contributed by atoms with E-state index in [4.69, 9.17) is 4.74 Å². The number of rotatable bonds is 2. The fourth-order valence-electron chi connectivity index (χ4n) is 1.96. The summed E-state index contributed by atoms with van der Waals surface area (Å²) in [6.45, 7) is 1.02. The molecule has 5 heteroatoms. The summed E-state index contributed by atoms with van der Waals surface area (Å²) < 4.78 is 5.23. The molecule has 2 rings (SSSR count). The van der Waals surface area contributed by atoms with Crippen molar-refractivity contribution in [3.8, 4) is 5.75 Å². The van der Waals surface area contributed by atoms with E-state index in [1.54, 1.807) is 7.11 Å². The van der Waals surface area contributed by atoms with Gasteiger partial charge in [0.2, 0.25) is 0 Å². The van der Waals surface area contributed by atoms with Gasteiger partial charge >= 0.3 is 0 Å². The molecule has 1 atom stereocenters. The Balaban J connectivity index is 0.00000128. The molecule has 1 unspecified atom stereocenters. The van der Waals surface area contributed by atoms with E-state index >= 15 is 0 Å². The zero-order chi connectivity index (χ0) is 10.8. The SMILES string of the molecule is COc1ccc2c(c1)CC(N(C)C)CN2.Cl.Cl. The Morgan fingerprint density at radius 3 is 2.59 bits per heavy atom. The highest BCUT2D eigenvalue weighted by molar-refractivity contribution is 5.85. The maximum atomic E-state index is 5.23. The minimum atomic E-state index is 0. The van der Waals surface area contributed by atoms with Crippen LogP contribution in [0.4, 0.5) is 5.69 Å². The summed E-state index contributed by atoms with van der Waals surface area (Å²) in [5.41, 5.74) is 2.59. The molecule has 1 N–H and O–H groups in total. The van der Waals surface area contributed by atoms with Gasteiger partial charge in [-0.25, -0.2) is 0 Å². The van der Waals surface area contributed by atoms with E-state index in [0.717, 1.165) is 18.7 Å². The van der Waals surface area contributed by atoms with Gasteiger partial charge in [0.25, 0.3) is 0 Å². The molecule has 1 aliphatic rings. The van der Waals surface area contributed by atoms with Crippen LogP contribution in [-0.2, 0) is 6.42 Å². The second-order valence-electron chi connectivity index (χ2n) is 4.23. The van der Waals surface area contributed by atoms with Crippen LogP contribution in [0.15, 0.2) is 18.2 Å². The van der Waals surface area contributed by atoms with Crippen LogP contribution in [0.1, 0.15) is 5.56 Å². The van der Waals surface area contributed by atoms with Crippen molar-refractivity contribution in [2.24, 2.45) is 0 Å². The molecule has 0 aliphatic carbocycles. The summed E-state index contributed by atoms with van der Waals surface area (Å²) in [7, 11) is 5.95. The van der Waals surface area contributed by atoms with Crippen LogP contribution in [0.25, 0.3) is 0 Å². The number of methoxy groups -OCH3 is 1. The molecule has 0 fully saturated rings. The molecule has 0 amide bonds. The largest absolute Gasteiger partial charge is 0.497 e. The third-order valence-electron chi connectivity index (χ3n) is 3.03. The van der Waals surface area contributed by atoms with E-state index in [2.05, 4.69) is 36.4 Å². The van der Waals surface area contributed by atoms with Crippen LogP contribution >= 0.6 is 24.8 Å². The van der Waals surface area contributed by atoms with Gasteiger partial charge in [-0.1, -0.05) is 0 Å². The number of nitrogens with one attached hydrogen (secondary N) is 1. The molecular formula is C12H20Cl2N2O. The molecular weight excluding hydrogens is 259 g/mol. The van der Waals surface area contributed by atoms with E-state index in [1.807, 2.05) is 6.07 Å². The minimum absolute atomic E-state index is 0. The first-order chi connectivity index (χ1) is 7.20. The fourth-order valence-corrected chi connectivity index (χ4v) is 1.96. The molecule has 0 saturated carbocycles. The zero-order valence-electron chi connectivity index (χ0n) is 10.4. The summed E-state index contributed by atoms with van der Waals surface area (Å²) in [6, 6.07) is 6.80. The highest BCUT2D eigenvalue weighted by Gasteiger charge is 2.19. The quantitative estimate of drug-likeness (QED) is 0.900. The first kappa shape index (κ1) is 16.4. The van der Waals surface area contributed by atoms with Crippen molar-refractivity contribution in [2.45, 2.75) is 12.5 Å². The highest BCUT2D eigenvalue weighted by Crippen LogP contribution is 2.27. The summed E-state index contributed by atoms with van der Waals surface area (Å²) in [6.07, 6.45) is 1.09. The number of ether oxygens (including phenoxy) is 1. The van der Waals surface area contributed by atoms with E-state index < -0.39 is 0 Å². The van der Waals surface area contributed by atoms with Gasteiger partial charge < -0.3 is 15.0 Å². The zero-order valence-corrected chi connectivity index (χ0v) is 12.0. The Kier molecular flexibility index (Phi) is 6.68. The number of benzene rings is 1. The number of hydrogen-bond acceptors (Lipinski definition) is 3. The Bertz CT molecular complexity index is 358. The Labute approximate surface area is 115 Å². The van der Waals surface area contributed by atoms with Crippen molar-refractivity contribution >= 4 is 30.5 Å². The summed E-state index contributed by atoms with van der Waals surface area (Å²) in [5.74, 6) is 0.940. The molecule has 0 bridgehead atoms. The number of anilines is 1. The van der Waals surface area contributed by atoms with Gasteiger partial charge in [-0.15, -0.1) is 24.8 Å². The third kappa shape index (κ3) is 3.66. The molecule has 0 aromatic heterocycles. The molecule has 1 aromatic carbocycles. The minimum Gasteiger partial charge on any atom is -0.497 e. The molecule has 1 heterocycles. The van der Waals surface area contributed by atoms with Crippen LogP contribution in [0, 0.1) is 0 Å².